The van der Waals surface area contributed by atoms with Gasteiger partial charge >= 0.3 is 0 Å². The zero-order valence-electron chi connectivity index (χ0n) is 9.04. The van der Waals surface area contributed by atoms with E-state index in [1.54, 1.807) is 0 Å². The quantitative estimate of drug-likeness (QED) is 0.584. The summed E-state index contributed by atoms with van der Waals surface area (Å²) in [7, 11) is 0. The van der Waals surface area contributed by atoms with Crippen LogP contribution in [0.4, 0.5) is 0 Å². The number of aromatic amines is 1. The van der Waals surface area contributed by atoms with Gasteiger partial charge in [0.05, 0.1) is 5.56 Å². The van der Waals surface area contributed by atoms with Crippen molar-refractivity contribution in [3.05, 3.63) is 51.9 Å². The number of pyridine rings is 1. The number of aromatic hydroxyl groups is 3. The second-order valence-corrected chi connectivity index (χ2v) is 3.60. The fraction of sp³-hybridized carbons (Fsp3) is 0. The number of hydrogen-bond donors (Lipinski definition) is 4. The van der Waals surface area contributed by atoms with Crippen molar-refractivity contribution in [2.24, 2.45) is 0 Å². The van der Waals surface area contributed by atoms with Gasteiger partial charge in [-0.15, -0.1) is 0 Å². The molecule has 0 fully saturated rings. The van der Waals surface area contributed by atoms with E-state index in [9.17, 15) is 19.8 Å². The Hall–Kier alpha value is -2.76. The average Bonchev–Trinajstić information content (AvgIpc) is 2.27. The lowest BCUT2D eigenvalue weighted by Gasteiger charge is -2.06. The van der Waals surface area contributed by atoms with Crippen LogP contribution in [0.25, 0.3) is 0 Å². The van der Waals surface area contributed by atoms with Crippen LogP contribution in [-0.4, -0.2) is 26.1 Å². The first-order valence-electron chi connectivity index (χ1n) is 4.98. The maximum atomic E-state index is 12.0. The summed E-state index contributed by atoms with van der Waals surface area (Å²) in [5, 5.41) is 28.2. The lowest BCUT2D eigenvalue weighted by Crippen LogP contribution is -2.17. The number of hydrogen-bond acceptors (Lipinski definition) is 5. The summed E-state index contributed by atoms with van der Waals surface area (Å²) in [6, 6.07) is 4.53. The summed E-state index contributed by atoms with van der Waals surface area (Å²) < 4.78 is 0. The smallest absolute Gasteiger partial charge is 0.259 e. The molecule has 0 spiro atoms. The van der Waals surface area contributed by atoms with Gasteiger partial charge in [0.25, 0.3) is 5.56 Å². The monoisotopic (exact) mass is 247 g/mol. The van der Waals surface area contributed by atoms with Crippen molar-refractivity contribution in [2.75, 3.05) is 0 Å². The van der Waals surface area contributed by atoms with Gasteiger partial charge in [0.15, 0.2) is 0 Å². The molecular formula is C12H9NO5. The summed E-state index contributed by atoms with van der Waals surface area (Å²) in [5.74, 6) is -2.41. The zero-order chi connectivity index (χ0) is 13.3. The molecule has 0 aliphatic carbocycles. The number of benzene rings is 1. The van der Waals surface area contributed by atoms with Gasteiger partial charge in [-0.05, 0) is 12.1 Å². The van der Waals surface area contributed by atoms with E-state index in [-0.39, 0.29) is 11.3 Å². The van der Waals surface area contributed by atoms with E-state index in [1.807, 2.05) is 0 Å². The van der Waals surface area contributed by atoms with Gasteiger partial charge in [-0.2, -0.15) is 0 Å². The molecule has 2 rings (SSSR count). The second-order valence-electron chi connectivity index (χ2n) is 3.60. The lowest BCUT2D eigenvalue weighted by molar-refractivity contribution is 0.103. The molecule has 0 amide bonds. The number of aromatic nitrogens is 1. The van der Waals surface area contributed by atoms with Gasteiger partial charge in [0, 0.05) is 18.3 Å². The highest BCUT2D eigenvalue weighted by molar-refractivity contribution is 6.12. The normalized spacial score (nSPS) is 10.2. The van der Waals surface area contributed by atoms with Gasteiger partial charge in [-0.25, -0.2) is 0 Å². The molecule has 1 aromatic carbocycles. The number of phenols is 3. The van der Waals surface area contributed by atoms with Crippen molar-refractivity contribution in [3.8, 4) is 17.2 Å². The van der Waals surface area contributed by atoms with Crippen LogP contribution in [0.1, 0.15) is 15.9 Å². The minimum absolute atomic E-state index is 0.214. The van der Waals surface area contributed by atoms with E-state index in [0.717, 1.165) is 12.1 Å². The van der Waals surface area contributed by atoms with Gasteiger partial charge < -0.3 is 20.3 Å². The van der Waals surface area contributed by atoms with Crippen LogP contribution in [0.3, 0.4) is 0 Å². The van der Waals surface area contributed by atoms with Gasteiger partial charge in [-0.3, -0.25) is 9.59 Å². The first-order valence-corrected chi connectivity index (χ1v) is 4.98. The Balaban J connectivity index is 2.61. The predicted molar refractivity (Wildman–Crippen MR) is 61.9 cm³/mol. The average molecular weight is 247 g/mol. The van der Waals surface area contributed by atoms with Gasteiger partial charge in [0.2, 0.25) is 5.78 Å². The fourth-order valence-corrected chi connectivity index (χ4v) is 1.57. The number of carbonyl (C=O) groups is 1. The number of rotatable bonds is 2. The molecule has 0 saturated heterocycles. The van der Waals surface area contributed by atoms with E-state index in [2.05, 4.69) is 4.98 Å². The summed E-state index contributed by atoms with van der Waals surface area (Å²) in [4.78, 5) is 25.7. The third-order valence-electron chi connectivity index (χ3n) is 2.37. The van der Waals surface area contributed by atoms with Crippen LogP contribution in [0.5, 0.6) is 17.2 Å². The molecule has 1 heterocycles. The number of ketones is 1. The molecule has 4 N–H and O–H groups in total. The Morgan fingerprint density at radius 2 is 1.72 bits per heavy atom. The van der Waals surface area contributed by atoms with Crippen molar-refractivity contribution >= 4 is 5.78 Å². The minimum Gasteiger partial charge on any atom is -0.508 e. The predicted octanol–water partition coefficient (Wildman–Crippen LogP) is 0.723. The molecule has 92 valence electrons. The Bertz CT molecular complexity index is 651. The third kappa shape index (κ3) is 1.91. The number of phenolic OH excluding ortho intramolecular Hbond substituents is 3. The Morgan fingerprint density at radius 1 is 1.11 bits per heavy atom. The molecule has 6 nitrogen and oxygen atoms in total. The summed E-state index contributed by atoms with van der Waals surface area (Å²) in [6.45, 7) is 0. The zero-order valence-corrected chi connectivity index (χ0v) is 9.04. The summed E-state index contributed by atoms with van der Waals surface area (Å²) in [6.07, 6.45) is 1.36. The highest BCUT2D eigenvalue weighted by atomic mass is 16.3. The standard InChI is InChI=1S/C12H9NO5/c14-6-4-8(15)10(9(16)5-6)11(17)7-2-1-3-13-12(7)18/h1-5,14-16H,(H,13,18). The summed E-state index contributed by atoms with van der Waals surface area (Å²) >= 11 is 0. The molecule has 6 heteroatoms. The van der Waals surface area contributed by atoms with Crippen LogP contribution in [0.2, 0.25) is 0 Å². The molecular weight excluding hydrogens is 238 g/mol. The molecule has 0 radical (unpaired) electrons. The van der Waals surface area contributed by atoms with E-state index < -0.39 is 28.4 Å². The minimum atomic E-state index is -0.827. The van der Waals surface area contributed by atoms with Crippen molar-refractivity contribution in [1.29, 1.82) is 0 Å². The molecule has 2 aromatic rings. The number of nitrogens with one attached hydrogen (secondary N) is 1. The van der Waals surface area contributed by atoms with Crippen molar-refractivity contribution in [1.82, 2.24) is 4.98 Å². The molecule has 0 atom stereocenters. The topological polar surface area (TPSA) is 111 Å². The lowest BCUT2D eigenvalue weighted by atomic mass is 10.0. The van der Waals surface area contributed by atoms with Crippen LogP contribution < -0.4 is 5.56 Å². The van der Waals surface area contributed by atoms with E-state index in [4.69, 9.17) is 5.11 Å². The Morgan fingerprint density at radius 3 is 2.28 bits per heavy atom. The molecule has 1 aromatic heterocycles. The van der Waals surface area contributed by atoms with Crippen molar-refractivity contribution < 1.29 is 20.1 Å². The highest BCUT2D eigenvalue weighted by Crippen LogP contribution is 2.33. The van der Waals surface area contributed by atoms with Gasteiger partial charge in [-0.1, -0.05) is 0 Å². The summed E-state index contributed by atoms with van der Waals surface area (Å²) in [5.41, 5.74) is -1.27. The molecule has 0 aliphatic rings. The fourth-order valence-electron chi connectivity index (χ4n) is 1.57. The second kappa shape index (κ2) is 4.25. The van der Waals surface area contributed by atoms with E-state index in [1.165, 1.54) is 18.3 Å². The molecule has 0 saturated carbocycles. The Kier molecular flexibility index (Phi) is 2.77. The third-order valence-corrected chi connectivity index (χ3v) is 2.37. The van der Waals surface area contributed by atoms with E-state index in [0.29, 0.717) is 0 Å². The molecule has 0 unspecified atom stereocenters. The Labute approximate surface area is 101 Å². The first-order chi connectivity index (χ1) is 8.50. The molecule has 18 heavy (non-hydrogen) atoms. The number of carbonyl (C=O) groups excluding carboxylic acids is 1. The van der Waals surface area contributed by atoms with Crippen LogP contribution in [0, 0.1) is 0 Å². The SMILES string of the molecule is O=C(c1c(O)cc(O)cc1O)c1ccc[nH]c1=O. The molecule has 0 aliphatic heterocycles. The van der Waals surface area contributed by atoms with Crippen LogP contribution in [0.15, 0.2) is 35.3 Å². The van der Waals surface area contributed by atoms with Gasteiger partial charge in [0.1, 0.15) is 22.8 Å². The highest BCUT2D eigenvalue weighted by Gasteiger charge is 2.21. The first kappa shape index (κ1) is 11.7. The number of H-pyrrole nitrogens is 1. The maximum absolute atomic E-state index is 12.0. The van der Waals surface area contributed by atoms with Crippen LogP contribution >= 0.6 is 0 Å². The van der Waals surface area contributed by atoms with Crippen LogP contribution in [-0.2, 0) is 0 Å². The molecule has 0 bridgehead atoms. The van der Waals surface area contributed by atoms with E-state index >= 15 is 0 Å². The maximum Gasteiger partial charge on any atom is 0.259 e. The van der Waals surface area contributed by atoms with Crippen molar-refractivity contribution in [2.45, 2.75) is 0 Å². The van der Waals surface area contributed by atoms with Crippen molar-refractivity contribution in [3.63, 3.8) is 0 Å². The largest absolute Gasteiger partial charge is 0.508 e.